The van der Waals surface area contributed by atoms with Crippen LogP contribution in [0, 0.1) is 0 Å². The number of amides is 2. The Balaban J connectivity index is 2.17. The zero-order chi connectivity index (χ0) is 13.7. The molecule has 0 unspecified atom stereocenters. The third-order valence-electron chi connectivity index (χ3n) is 2.53. The van der Waals surface area contributed by atoms with Gasteiger partial charge in [-0.15, -0.1) is 0 Å². The molecule has 98 valence electrons. The van der Waals surface area contributed by atoms with Gasteiger partial charge in [-0.3, -0.25) is 14.6 Å². The Morgan fingerprint density at radius 3 is 2.79 bits per heavy atom. The Hall–Kier alpha value is -2.47. The lowest BCUT2D eigenvalue weighted by molar-refractivity contribution is -0.136. The Bertz CT molecular complexity index is 607. The van der Waals surface area contributed by atoms with Crippen molar-refractivity contribution in [2.24, 2.45) is 5.73 Å². The van der Waals surface area contributed by atoms with Crippen LogP contribution >= 0.6 is 0 Å². The zero-order valence-corrected chi connectivity index (χ0v) is 10.2. The van der Waals surface area contributed by atoms with Gasteiger partial charge in [0.25, 0.3) is 0 Å². The minimum atomic E-state index is -0.718. The minimum Gasteiger partial charge on any atom is -0.347 e. The van der Waals surface area contributed by atoms with E-state index in [0.29, 0.717) is 5.69 Å². The van der Waals surface area contributed by atoms with E-state index < -0.39 is 11.8 Å². The van der Waals surface area contributed by atoms with Crippen molar-refractivity contribution >= 4 is 28.4 Å². The van der Waals surface area contributed by atoms with Crippen molar-refractivity contribution < 1.29 is 9.59 Å². The molecule has 0 aliphatic rings. The smallest absolute Gasteiger partial charge is 0.313 e. The number of nitrogens with one attached hydrogen (secondary N) is 2. The van der Waals surface area contributed by atoms with E-state index in [0.717, 1.165) is 10.9 Å². The molecule has 0 atom stereocenters. The molecule has 6 heteroatoms. The molecule has 6 nitrogen and oxygen atoms in total. The van der Waals surface area contributed by atoms with Crippen molar-refractivity contribution in [3.63, 3.8) is 0 Å². The van der Waals surface area contributed by atoms with Crippen LogP contribution in [-0.4, -0.2) is 29.9 Å². The van der Waals surface area contributed by atoms with Gasteiger partial charge in [0.1, 0.15) is 0 Å². The maximum absolute atomic E-state index is 11.7. The number of nitrogens with zero attached hydrogens (tertiary/aromatic N) is 1. The molecule has 0 aliphatic heterocycles. The summed E-state index contributed by atoms with van der Waals surface area (Å²) in [6.07, 6.45) is 1.67. The van der Waals surface area contributed by atoms with Gasteiger partial charge >= 0.3 is 11.8 Å². The summed E-state index contributed by atoms with van der Waals surface area (Å²) < 4.78 is 0. The lowest BCUT2D eigenvalue weighted by Gasteiger charge is -2.08. The quantitative estimate of drug-likeness (QED) is 0.687. The van der Waals surface area contributed by atoms with E-state index in [1.807, 2.05) is 12.1 Å². The first-order chi connectivity index (χ1) is 9.22. The van der Waals surface area contributed by atoms with Gasteiger partial charge in [0, 0.05) is 24.7 Å². The van der Waals surface area contributed by atoms with Crippen LogP contribution in [0.3, 0.4) is 0 Å². The molecule has 0 aliphatic carbocycles. The fourth-order valence-corrected chi connectivity index (χ4v) is 1.66. The van der Waals surface area contributed by atoms with Crippen molar-refractivity contribution in [2.45, 2.75) is 0 Å². The van der Waals surface area contributed by atoms with Gasteiger partial charge in [-0.25, -0.2) is 0 Å². The number of nitrogens with two attached hydrogens (primary N) is 1. The van der Waals surface area contributed by atoms with Gasteiger partial charge in [0.05, 0.1) is 11.2 Å². The second kappa shape index (κ2) is 5.92. The summed E-state index contributed by atoms with van der Waals surface area (Å²) in [7, 11) is 0. The zero-order valence-electron chi connectivity index (χ0n) is 10.2. The van der Waals surface area contributed by atoms with Crippen molar-refractivity contribution in [3.8, 4) is 0 Å². The van der Waals surface area contributed by atoms with Crippen LogP contribution in [0.15, 0.2) is 36.5 Å². The summed E-state index contributed by atoms with van der Waals surface area (Å²) in [5, 5.41) is 5.75. The van der Waals surface area contributed by atoms with Crippen LogP contribution in [0.25, 0.3) is 10.9 Å². The second-order valence-corrected chi connectivity index (χ2v) is 3.87. The van der Waals surface area contributed by atoms with Gasteiger partial charge in [0.15, 0.2) is 0 Å². The normalized spacial score (nSPS) is 10.2. The molecule has 0 saturated carbocycles. The van der Waals surface area contributed by atoms with Crippen LogP contribution in [-0.2, 0) is 9.59 Å². The van der Waals surface area contributed by atoms with Crippen molar-refractivity contribution in [3.05, 3.63) is 36.5 Å². The summed E-state index contributed by atoms with van der Waals surface area (Å²) in [5.41, 5.74) is 6.56. The van der Waals surface area contributed by atoms with Crippen LogP contribution < -0.4 is 16.4 Å². The maximum Gasteiger partial charge on any atom is 0.313 e. The van der Waals surface area contributed by atoms with E-state index in [9.17, 15) is 9.59 Å². The largest absolute Gasteiger partial charge is 0.347 e. The van der Waals surface area contributed by atoms with Crippen molar-refractivity contribution in [2.75, 3.05) is 18.4 Å². The number of carbonyl (C=O) groups is 2. The average Bonchev–Trinajstić information content (AvgIpc) is 2.45. The highest BCUT2D eigenvalue weighted by Gasteiger charge is 2.13. The molecule has 1 aromatic carbocycles. The van der Waals surface area contributed by atoms with Crippen LogP contribution in [0.2, 0.25) is 0 Å². The first-order valence-corrected chi connectivity index (χ1v) is 5.85. The molecule has 4 N–H and O–H groups in total. The number of benzene rings is 1. The van der Waals surface area contributed by atoms with Gasteiger partial charge in [-0.2, -0.15) is 0 Å². The molecule has 1 heterocycles. The van der Waals surface area contributed by atoms with Gasteiger partial charge < -0.3 is 16.4 Å². The summed E-state index contributed by atoms with van der Waals surface area (Å²) in [6, 6.07) is 8.92. The van der Waals surface area contributed by atoms with Crippen LogP contribution in [0.1, 0.15) is 0 Å². The molecule has 19 heavy (non-hydrogen) atoms. The summed E-state index contributed by atoms with van der Waals surface area (Å²) in [6.45, 7) is 0.556. The molecule has 0 spiro atoms. The maximum atomic E-state index is 11.7. The van der Waals surface area contributed by atoms with Crippen molar-refractivity contribution in [1.82, 2.24) is 10.3 Å². The Morgan fingerprint density at radius 2 is 2.00 bits per heavy atom. The highest BCUT2D eigenvalue weighted by molar-refractivity contribution is 6.40. The van der Waals surface area contributed by atoms with E-state index in [1.165, 1.54) is 0 Å². The predicted octanol–water partition coefficient (Wildman–Crippen LogP) is 0.248. The molecule has 0 fully saturated rings. The van der Waals surface area contributed by atoms with E-state index in [-0.39, 0.29) is 13.1 Å². The van der Waals surface area contributed by atoms with E-state index in [1.54, 1.807) is 24.4 Å². The fraction of sp³-hybridized carbons (Fsp3) is 0.154. The molecule has 0 radical (unpaired) electrons. The van der Waals surface area contributed by atoms with Gasteiger partial charge in [0.2, 0.25) is 0 Å². The number of pyridine rings is 1. The Morgan fingerprint density at radius 1 is 1.16 bits per heavy atom. The number of anilines is 1. The standard InChI is InChI=1S/C13H14N4O2/c14-6-8-16-12(18)13(19)17-11-5-1-4-10-9(11)3-2-7-15-10/h1-5,7H,6,8,14H2,(H,16,18)(H,17,19). The molecule has 0 bridgehead atoms. The number of hydrogen-bond donors (Lipinski definition) is 3. The second-order valence-electron chi connectivity index (χ2n) is 3.87. The monoisotopic (exact) mass is 258 g/mol. The first kappa shape index (κ1) is 13.0. The summed E-state index contributed by atoms with van der Waals surface area (Å²) >= 11 is 0. The molecule has 2 aromatic rings. The molecular weight excluding hydrogens is 244 g/mol. The predicted molar refractivity (Wildman–Crippen MR) is 72.4 cm³/mol. The van der Waals surface area contributed by atoms with E-state index in [4.69, 9.17) is 5.73 Å². The minimum absolute atomic E-state index is 0.267. The number of rotatable bonds is 3. The third-order valence-corrected chi connectivity index (χ3v) is 2.53. The number of fused-ring (bicyclic) bond motifs is 1. The summed E-state index contributed by atoms with van der Waals surface area (Å²) in [5.74, 6) is -1.42. The van der Waals surface area contributed by atoms with Crippen LogP contribution in [0.5, 0.6) is 0 Å². The highest BCUT2D eigenvalue weighted by atomic mass is 16.2. The number of hydrogen-bond acceptors (Lipinski definition) is 4. The molecule has 1 aromatic heterocycles. The summed E-state index contributed by atoms with van der Waals surface area (Å²) in [4.78, 5) is 27.3. The van der Waals surface area contributed by atoms with Crippen LogP contribution in [0.4, 0.5) is 5.69 Å². The molecular formula is C13H14N4O2. The lowest BCUT2D eigenvalue weighted by atomic mass is 10.2. The van der Waals surface area contributed by atoms with Crippen molar-refractivity contribution in [1.29, 1.82) is 0 Å². The number of carbonyl (C=O) groups excluding carboxylic acids is 2. The van der Waals surface area contributed by atoms with Gasteiger partial charge in [-0.1, -0.05) is 6.07 Å². The topological polar surface area (TPSA) is 97.1 Å². The average molecular weight is 258 g/mol. The third kappa shape index (κ3) is 3.05. The Kier molecular flexibility index (Phi) is 4.04. The SMILES string of the molecule is NCCNC(=O)C(=O)Nc1cccc2ncccc12. The van der Waals surface area contributed by atoms with E-state index >= 15 is 0 Å². The highest BCUT2D eigenvalue weighted by Crippen LogP contribution is 2.20. The molecule has 2 rings (SSSR count). The lowest BCUT2D eigenvalue weighted by Crippen LogP contribution is -2.38. The molecule has 2 amide bonds. The number of aromatic nitrogens is 1. The van der Waals surface area contributed by atoms with E-state index in [2.05, 4.69) is 15.6 Å². The van der Waals surface area contributed by atoms with Gasteiger partial charge in [-0.05, 0) is 24.3 Å². The fourth-order valence-electron chi connectivity index (χ4n) is 1.66. The Labute approximate surface area is 110 Å². The first-order valence-electron chi connectivity index (χ1n) is 5.85. The molecule has 0 saturated heterocycles.